The van der Waals surface area contributed by atoms with E-state index in [1.165, 1.54) is 24.4 Å². The van der Waals surface area contributed by atoms with Gasteiger partial charge in [0.05, 0.1) is 37.5 Å². The first-order chi connectivity index (χ1) is 13.3. The molecule has 8 heteroatoms. The second-order valence-electron chi connectivity index (χ2n) is 7.32. The van der Waals surface area contributed by atoms with Crippen molar-refractivity contribution < 1.29 is 19.5 Å². The van der Waals surface area contributed by atoms with Gasteiger partial charge in [0.1, 0.15) is 13.1 Å². The summed E-state index contributed by atoms with van der Waals surface area (Å²) in [4.78, 5) is 15.8. The average Bonchev–Trinajstić information content (AvgIpc) is 2.70. The Hall–Kier alpha value is -2.29. The minimum atomic E-state index is 0.626. The summed E-state index contributed by atoms with van der Waals surface area (Å²) in [6, 6.07) is 8.09. The van der Waals surface area contributed by atoms with Crippen LogP contribution in [0.4, 0.5) is 5.95 Å². The van der Waals surface area contributed by atoms with E-state index in [9.17, 15) is 0 Å². The summed E-state index contributed by atoms with van der Waals surface area (Å²) in [5.74, 6) is 1.51. The SMILES string of the molecule is Cc1nc(NC2=[NH+]C[NH+](CCC[NH+]3CCOCC3)CN2)nc2ccccc12. The van der Waals surface area contributed by atoms with E-state index in [0.717, 1.165) is 62.2 Å². The molecular weight excluding hydrogens is 342 g/mol. The largest absolute Gasteiger partial charge is 0.370 e. The molecule has 4 rings (SSSR count). The molecule has 1 saturated heterocycles. The molecule has 1 aromatic carbocycles. The molecule has 0 bridgehead atoms. The summed E-state index contributed by atoms with van der Waals surface area (Å²) in [6.45, 7) is 10.4. The van der Waals surface area contributed by atoms with Gasteiger partial charge < -0.3 is 9.64 Å². The number of rotatable bonds is 5. The zero-order chi connectivity index (χ0) is 18.5. The Bertz CT molecular complexity index is 804. The number of morpholine rings is 1. The predicted molar refractivity (Wildman–Crippen MR) is 104 cm³/mol. The Labute approximate surface area is 159 Å². The maximum absolute atomic E-state index is 5.42. The molecule has 27 heavy (non-hydrogen) atoms. The number of para-hydroxylation sites is 1. The summed E-state index contributed by atoms with van der Waals surface area (Å²) in [5.41, 5.74) is 1.94. The third kappa shape index (κ3) is 4.71. The number of aryl methyl sites for hydroxylation is 1. The highest BCUT2D eigenvalue weighted by Gasteiger charge is 2.22. The summed E-state index contributed by atoms with van der Waals surface area (Å²) < 4.78 is 5.42. The number of nitrogens with zero attached hydrogens (tertiary/aromatic N) is 2. The number of hydrogen-bond donors (Lipinski definition) is 5. The molecule has 5 N–H and O–H groups in total. The fraction of sp³-hybridized carbons (Fsp3) is 0.526. The molecule has 0 amide bonds. The molecule has 1 unspecified atom stereocenters. The molecule has 2 aromatic rings. The minimum absolute atomic E-state index is 0.626. The summed E-state index contributed by atoms with van der Waals surface area (Å²) >= 11 is 0. The van der Waals surface area contributed by atoms with Crippen molar-refractivity contribution in [2.45, 2.75) is 13.3 Å². The summed E-state index contributed by atoms with van der Waals surface area (Å²) in [5, 5.41) is 7.80. The van der Waals surface area contributed by atoms with Crippen molar-refractivity contribution in [2.24, 2.45) is 0 Å². The van der Waals surface area contributed by atoms with Crippen LogP contribution in [0.1, 0.15) is 12.1 Å². The molecule has 2 aliphatic heterocycles. The zero-order valence-electron chi connectivity index (χ0n) is 16.0. The number of nitrogens with one attached hydrogen (secondary N) is 5. The van der Waals surface area contributed by atoms with Crippen molar-refractivity contribution in [3.8, 4) is 0 Å². The standard InChI is InChI=1S/C19H27N7O/c1-15-16-5-2-3-6-17(16)23-19(22-15)24-18-20-13-26(14-21-18)8-4-7-25-9-11-27-12-10-25/h2-3,5-6H,4,7-14H2,1H3,(H2,20,21,22,23,24)/p+3. The van der Waals surface area contributed by atoms with Crippen molar-refractivity contribution in [1.82, 2.24) is 15.3 Å². The summed E-state index contributed by atoms with van der Waals surface area (Å²) in [7, 11) is 0. The molecule has 3 heterocycles. The van der Waals surface area contributed by atoms with E-state index in [1.807, 2.05) is 25.1 Å². The predicted octanol–water partition coefficient (Wildman–Crippen LogP) is -3.50. The van der Waals surface area contributed by atoms with Gasteiger partial charge in [-0.2, -0.15) is 4.98 Å². The highest BCUT2D eigenvalue weighted by molar-refractivity contribution is 5.89. The van der Waals surface area contributed by atoms with E-state index in [2.05, 4.69) is 31.7 Å². The molecule has 1 atom stereocenters. The Morgan fingerprint density at radius 1 is 1.15 bits per heavy atom. The maximum atomic E-state index is 5.42. The molecule has 0 radical (unpaired) electrons. The van der Waals surface area contributed by atoms with Crippen molar-refractivity contribution in [3.05, 3.63) is 30.0 Å². The topological polar surface area (TPSA) is 81.9 Å². The van der Waals surface area contributed by atoms with Gasteiger partial charge in [-0.05, 0) is 13.0 Å². The van der Waals surface area contributed by atoms with Crippen LogP contribution in [-0.2, 0) is 4.74 Å². The zero-order valence-corrected chi connectivity index (χ0v) is 16.0. The molecule has 0 saturated carbocycles. The van der Waals surface area contributed by atoms with Crippen LogP contribution in [0.5, 0.6) is 0 Å². The van der Waals surface area contributed by atoms with Gasteiger partial charge in [0.25, 0.3) is 5.95 Å². The smallest absolute Gasteiger partial charge is 0.359 e. The normalized spacial score (nSPS) is 20.9. The third-order valence-electron chi connectivity index (χ3n) is 5.32. The van der Waals surface area contributed by atoms with E-state index in [1.54, 1.807) is 4.90 Å². The number of aromatic nitrogens is 2. The van der Waals surface area contributed by atoms with Crippen LogP contribution in [-0.4, -0.2) is 68.7 Å². The number of benzene rings is 1. The Morgan fingerprint density at radius 3 is 2.78 bits per heavy atom. The van der Waals surface area contributed by atoms with Crippen molar-refractivity contribution >= 4 is 22.8 Å². The fourth-order valence-corrected chi connectivity index (χ4v) is 3.72. The lowest BCUT2D eigenvalue weighted by Crippen LogP contribution is -3.24. The van der Waals surface area contributed by atoms with Gasteiger partial charge >= 0.3 is 5.96 Å². The van der Waals surface area contributed by atoms with Crippen LogP contribution >= 0.6 is 0 Å². The molecule has 2 aliphatic rings. The first-order valence-corrected chi connectivity index (χ1v) is 9.88. The van der Waals surface area contributed by atoms with Gasteiger partial charge in [0.15, 0.2) is 13.3 Å². The molecule has 1 fully saturated rings. The lowest BCUT2D eigenvalue weighted by molar-refractivity contribution is -0.984. The lowest BCUT2D eigenvalue weighted by atomic mass is 10.2. The second-order valence-corrected chi connectivity index (χ2v) is 7.32. The first-order valence-electron chi connectivity index (χ1n) is 9.88. The molecule has 0 aliphatic carbocycles. The van der Waals surface area contributed by atoms with Gasteiger partial charge in [-0.25, -0.2) is 20.6 Å². The molecule has 8 nitrogen and oxygen atoms in total. The van der Waals surface area contributed by atoms with E-state index in [4.69, 9.17) is 4.74 Å². The van der Waals surface area contributed by atoms with E-state index in [0.29, 0.717) is 5.95 Å². The van der Waals surface area contributed by atoms with Crippen LogP contribution in [0.15, 0.2) is 24.3 Å². The molecule has 1 aromatic heterocycles. The number of anilines is 1. The van der Waals surface area contributed by atoms with Crippen molar-refractivity contribution in [1.29, 1.82) is 0 Å². The van der Waals surface area contributed by atoms with Gasteiger partial charge in [0.2, 0.25) is 0 Å². The van der Waals surface area contributed by atoms with E-state index in [-0.39, 0.29) is 0 Å². The Balaban J connectivity index is 1.27. The Kier molecular flexibility index (Phi) is 5.76. The number of fused-ring (bicyclic) bond motifs is 1. The Morgan fingerprint density at radius 2 is 1.96 bits per heavy atom. The van der Waals surface area contributed by atoms with Crippen molar-refractivity contribution in [2.75, 3.05) is 58.0 Å². The van der Waals surface area contributed by atoms with Gasteiger partial charge in [-0.1, -0.05) is 18.2 Å². The lowest BCUT2D eigenvalue weighted by Gasteiger charge is -2.25. The summed E-state index contributed by atoms with van der Waals surface area (Å²) in [6.07, 6.45) is 1.24. The molecule has 0 spiro atoms. The quantitative estimate of drug-likeness (QED) is 0.376. The number of hydrogen-bond acceptors (Lipinski definition) is 5. The van der Waals surface area contributed by atoms with Crippen LogP contribution in [0, 0.1) is 6.92 Å². The minimum Gasteiger partial charge on any atom is -0.370 e. The monoisotopic (exact) mass is 372 g/mol. The molecule has 144 valence electrons. The van der Waals surface area contributed by atoms with Crippen LogP contribution in [0.3, 0.4) is 0 Å². The van der Waals surface area contributed by atoms with Crippen LogP contribution < -0.4 is 25.4 Å². The number of ether oxygens (including phenoxy) is 1. The fourth-order valence-electron chi connectivity index (χ4n) is 3.72. The molecular formula is C19H30N7O+3. The number of guanidine groups is 1. The van der Waals surface area contributed by atoms with Gasteiger partial charge in [0, 0.05) is 11.8 Å². The highest BCUT2D eigenvalue weighted by atomic mass is 16.5. The van der Waals surface area contributed by atoms with E-state index >= 15 is 0 Å². The van der Waals surface area contributed by atoms with Gasteiger partial charge in [-0.3, -0.25) is 4.90 Å². The van der Waals surface area contributed by atoms with Crippen molar-refractivity contribution in [3.63, 3.8) is 0 Å². The first kappa shape index (κ1) is 18.1. The van der Waals surface area contributed by atoms with Gasteiger partial charge in [-0.15, -0.1) is 0 Å². The second kappa shape index (κ2) is 8.60. The van der Waals surface area contributed by atoms with Crippen LogP contribution in [0.25, 0.3) is 10.9 Å². The maximum Gasteiger partial charge on any atom is 0.359 e. The number of quaternary nitrogens is 2. The highest BCUT2D eigenvalue weighted by Crippen LogP contribution is 2.16. The average molecular weight is 372 g/mol. The third-order valence-corrected chi connectivity index (χ3v) is 5.32. The van der Waals surface area contributed by atoms with Crippen LogP contribution in [0.2, 0.25) is 0 Å². The van der Waals surface area contributed by atoms with E-state index < -0.39 is 0 Å².